The van der Waals surface area contributed by atoms with Crippen molar-refractivity contribution < 1.29 is 35.1 Å². The Balaban J connectivity index is 5.46. The first kappa shape index (κ1) is 32.3. The number of hydrogen-bond donors (Lipinski definition) is 6. The highest BCUT2D eigenvalue weighted by atomic mass is 16.5. The summed E-state index contributed by atoms with van der Waals surface area (Å²) in [6.45, 7) is 15.1. The lowest BCUT2D eigenvalue weighted by atomic mass is 9.62. The van der Waals surface area contributed by atoms with Gasteiger partial charge < -0.3 is 35.6 Å². The average Bonchev–Trinajstić information content (AvgIpc) is 2.64. The Kier molecular flexibility index (Phi) is 13.7. The predicted molar refractivity (Wildman–Crippen MR) is 133 cm³/mol. The molecule has 0 aromatic rings. The molecule has 0 heterocycles. The van der Waals surface area contributed by atoms with Crippen molar-refractivity contribution in [3.8, 4) is 0 Å². The zero-order valence-corrected chi connectivity index (χ0v) is 22.2. The van der Waals surface area contributed by atoms with Crippen LogP contribution in [0.15, 0.2) is 0 Å². The molecule has 0 bridgehead atoms. The van der Waals surface area contributed by atoms with Crippen LogP contribution < -0.4 is 5.32 Å². The van der Waals surface area contributed by atoms with Crippen molar-refractivity contribution in [1.29, 1.82) is 0 Å². The minimum atomic E-state index is -1.40. The van der Waals surface area contributed by atoms with E-state index in [0.717, 1.165) is 6.42 Å². The number of hydrogen-bond acceptors (Lipinski definition) is 7. The zero-order valence-electron chi connectivity index (χ0n) is 22.2. The molecule has 0 saturated carbocycles. The Labute approximate surface area is 201 Å². The number of carbonyl (C=O) groups is 1. The molecule has 0 aliphatic heterocycles. The van der Waals surface area contributed by atoms with E-state index in [9.17, 15) is 30.3 Å². The van der Waals surface area contributed by atoms with Gasteiger partial charge in [-0.1, -0.05) is 53.8 Å². The highest BCUT2D eigenvalue weighted by Crippen LogP contribution is 2.38. The summed E-state index contributed by atoms with van der Waals surface area (Å²) in [7, 11) is 2.12. The molecule has 6 N–H and O–H groups in total. The molecule has 0 rings (SSSR count). The molecule has 1 amide bonds. The highest BCUT2D eigenvalue weighted by molar-refractivity contribution is 6.14. The molecule has 0 radical (unpaired) electrons. The maximum atomic E-state index is 12.8. The lowest BCUT2D eigenvalue weighted by Crippen LogP contribution is -2.53. The van der Waals surface area contributed by atoms with E-state index in [1.165, 1.54) is 6.92 Å². The molecule has 0 aromatic heterocycles. The van der Waals surface area contributed by atoms with Crippen LogP contribution in [0.4, 0.5) is 0 Å². The summed E-state index contributed by atoms with van der Waals surface area (Å²) >= 11 is 0. The minimum absolute atomic E-state index is 0.0507. The molecule has 0 aromatic carbocycles. The van der Waals surface area contributed by atoms with Gasteiger partial charge >= 0.3 is 0 Å². The van der Waals surface area contributed by atoms with E-state index in [2.05, 4.69) is 27.0 Å². The number of carbonyl (C=O) groups excluding carboxylic acids is 1. The van der Waals surface area contributed by atoms with Crippen LogP contribution in [0.5, 0.6) is 0 Å². The van der Waals surface area contributed by atoms with E-state index < -0.39 is 42.7 Å². The first-order valence-electron chi connectivity index (χ1n) is 12.2. The minimum Gasteiger partial charge on any atom is -0.391 e. The van der Waals surface area contributed by atoms with E-state index in [0.29, 0.717) is 12.8 Å². The molecule has 0 aliphatic rings. The number of aliphatic hydroxyl groups excluding tert-OH is 5. The van der Waals surface area contributed by atoms with Gasteiger partial charge in [0.2, 0.25) is 5.91 Å². The molecular formula is C24H50BNO7. The van der Waals surface area contributed by atoms with Crippen LogP contribution in [0.25, 0.3) is 0 Å². The second kappa shape index (κ2) is 14.0. The second-order valence-electron chi connectivity index (χ2n) is 11.9. The van der Waals surface area contributed by atoms with Gasteiger partial charge in [0.05, 0.1) is 31.0 Å². The van der Waals surface area contributed by atoms with E-state index in [1.54, 1.807) is 6.92 Å². The van der Waals surface area contributed by atoms with Crippen LogP contribution in [0, 0.1) is 11.3 Å². The van der Waals surface area contributed by atoms with Crippen LogP contribution in [0.2, 0.25) is 5.31 Å². The number of nitrogens with one attached hydrogen (secondary N) is 1. The summed E-state index contributed by atoms with van der Waals surface area (Å²) in [5, 5.41) is 54.0. The van der Waals surface area contributed by atoms with Gasteiger partial charge in [0.15, 0.2) is 0 Å². The number of ether oxygens (including phenoxy) is 1. The molecule has 8 nitrogen and oxygen atoms in total. The van der Waals surface area contributed by atoms with Crippen LogP contribution >= 0.6 is 0 Å². The van der Waals surface area contributed by atoms with E-state index in [-0.39, 0.29) is 35.6 Å². The fraction of sp³-hybridized carbons (Fsp3) is 0.958. The Morgan fingerprint density at radius 3 is 1.94 bits per heavy atom. The van der Waals surface area contributed by atoms with Crippen molar-refractivity contribution in [1.82, 2.24) is 5.32 Å². The topological polar surface area (TPSA) is 139 Å². The molecule has 0 fully saturated rings. The monoisotopic (exact) mass is 475 g/mol. The molecule has 0 unspecified atom stereocenters. The van der Waals surface area contributed by atoms with Crippen molar-refractivity contribution in [2.24, 2.45) is 11.3 Å². The van der Waals surface area contributed by atoms with Crippen molar-refractivity contribution in [3.05, 3.63) is 0 Å². The smallest absolute Gasteiger partial charge is 0.220 e. The number of aliphatic hydroxyl groups is 5. The van der Waals surface area contributed by atoms with Gasteiger partial charge in [0, 0.05) is 6.42 Å². The third kappa shape index (κ3) is 13.1. The maximum Gasteiger partial charge on any atom is 0.220 e. The van der Waals surface area contributed by atoms with Crippen molar-refractivity contribution >= 4 is 13.8 Å². The number of rotatable bonds is 16. The summed E-state index contributed by atoms with van der Waals surface area (Å²) < 4.78 is 5.87. The van der Waals surface area contributed by atoms with Gasteiger partial charge in [-0.25, -0.2) is 0 Å². The van der Waals surface area contributed by atoms with Gasteiger partial charge in [0.25, 0.3) is 0 Å². The van der Waals surface area contributed by atoms with Crippen molar-refractivity contribution in [2.75, 3.05) is 6.61 Å². The van der Waals surface area contributed by atoms with E-state index in [1.807, 2.05) is 27.7 Å². The molecule has 196 valence electrons. The lowest BCUT2D eigenvalue weighted by Gasteiger charge is -2.35. The van der Waals surface area contributed by atoms with E-state index in [4.69, 9.17) is 4.74 Å². The highest BCUT2D eigenvalue weighted by Gasteiger charge is 2.35. The van der Waals surface area contributed by atoms with Crippen LogP contribution in [0.1, 0.15) is 81.1 Å². The van der Waals surface area contributed by atoms with Gasteiger partial charge in [0.1, 0.15) is 26.2 Å². The zero-order chi connectivity index (χ0) is 26.1. The first-order valence-corrected chi connectivity index (χ1v) is 12.2. The maximum absolute atomic E-state index is 12.8. The third-order valence-electron chi connectivity index (χ3n) is 5.64. The Bertz CT molecular complexity index is 566. The summed E-state index contributed by atoms with van der Waals surface area (Å²) in [6, 6.07) is -0.900. The van der Waals surface area contributed by atoms with Crippen molar-refractivity contribution in [3.63, 3.8) is 0 Å². The van der Waals surface area contributed by atoms with Crippen LogP contribution in [-0.4, -0.2) is 88.6 Å². The third-order valence-corrected chi connectivity index (χ3v) is 5.64. The first-order chi connectivity index (χ1) is 14.9. The van der Waals surface area contributed by atoms with Gasteiger partial charge in [-0.05, 0) is 37.5 Å². The van der Waals surface area contributed by atoms with Crippen LogP contribution in [0.3, 0.4) is 0 Å². The molecule has 33 heavy (non-hydrogen) atoms. The standard InChI is InChI=1S/C24H50BNO7/c1-9-17(28)21(31)16(26-19(29)11-23(5,6)13-24(7,8)25)12-33-18(10-14(2)3)22(32)20(30)15(4)27/h14-18,20-22,27-28,30-32H,9-13,25H2,1-8H3,(H,26,29)/t15-,16-,17+,18-,20-,21-,22-/m0/s1. The molecule has 0 spiro atoms. The Hall–Kier alpha value is -0.705. The Morgan fingerprint density at radius 2 is 1.52 bits per heavy atom. The fourth-order valence-corrected chi connectivity index (χ4v) is 4.43. The molecule has 0 aliphatic carbocycles. The molecule has 9 heteroatoms. The molecule has 0 saturated heterocycles. The largest absolute Gasteiger partial charge is 0.391 e. The van der Waals surface area contributed by atoms with Crippen LogP contribution in [-0.2, 0) is 9.53 Å². The molecule has 7 atom stereocenters. The summed E-state index contributed by atoms with van der Waals surface area (Å²) in [4.78, 5) is 12.8. The number of amides is 1. The normalized spacial score (nSPS) is 19.5. The summed E-state index contributed by atoms with van der Waals surface area (Å²) in [6.07, 6.45) is -5.26. The quantitative estimate of drug-likeness (QED) is 0.181. The SMILES string of the molecule is BC(C)(C)CC(C)(C)CC(=O)N[C@@H](CO[C@@H](CC(C)C)[C@H](O)[C@@H](O)[C@H](C)O)[C@H](O)[C@H](O)CC. The second-order valence-corrected chi connectivity index (χ2v) is 11.9. The van der Waals surface area contributed by atoms with Gasteiger partial charge in [-0.15, -0.1) is 0 Å². The summed E-state index contributed by atoms with van der Waals surface area (Å²) in [5.41, 5.74) is -0.264. The lowest BCUT2D eigenvalue weighted by molar-refractivity contribution is -0.138. The predicted octanol–water partition coefficient (Wildman–Crippen LogP) is 0.775. The van der Waals surface area contributed by atoms with E-state index >= 15 is 0 Å². The summed E-state index contributed by atoms with van der Waals surface area (Å²) in [5.74, 6) is -0.131. The molecular weight excluding hydrogens is 425 g/mol. The fourth-order valence-electron chi connectivity index (χ4n) is 4.43. The van der Waals surface area contributed by atoms with Gasteiger partial charge in [-0.3, -0.25) is 4.79 Å². The Morgan fingerprint density at radius 1 is 0.970 bits per heavy atom. The average molecular weight is 475 g/mol. The van der Waals surface area contributed by atoms with Crippen molar-refractivity contribution in [2.45, 2.75) is 129 Å². The van der Waals surface area contributed by atoms with Gasteiger partial charge in [-0.2, -0.15) is 0 Å².